The van der Waals surface area contributed by atoms with Crippen molar-refractivity contribution in [3.8, 4) is 11.8 Å². The Labute approximate surface area is 124 Å². The van der Waals surface area contributed by atoms with Gasteiger partial charge in [0.25, 0.3) is 0 Å². The summed E-state index contributed by atoms with van der Waals surface area (Å²) < 4.78 is 18.6. The van der Waals surface area contributed by atoms with Crippen LogP contribution in [0.2, 0.25) is 0 Å². The van der Waals surface area contributed by atoms with Crippen molar-refractivity contribution in [3.05, 3.63) is 65.0 Å². The molecule has 0 saturated carbocycles. The lowest BCUT2D eigenvalue weighted by atomic mass is 10.1. The van der Waals surface area contributed by atoms with E-state index in [1.165, 1.54) is 13.2 Å². The van der Waals surface area contributed by atoms with Gasteiger partial charge >= 0.3 is 0 Å². The molecule has 0 spiro atoms. The first kappa shape index (κ1) is 15.0. The van der Waals surface area contributed by atoms with Crippen LogP contribution in [0, 0.1) is 17.1 Å². The molecule has 0 radical (unpaired) electrons. The van der Waals surface area contributed by atoms with Gasteiger partial charge in [-0.1, -0.05) is 24.3 Å². The summed E-state index contributed by atoms with van der Waals surface area (Å²) in [6.07, 6.45) is 0. The van der Waals surface area contributed by atoms with Gasteiger partial charge in [0, 0.05) is 13.1 Å². The third-order valence-corrected chi connectivity index (χ3v) is 3.25. The smallest absolute Gasteiger partial charge is 0.165 e. The summed E-state index contributed by atoms with van der Waals surface area (Å²) in [6, 6.07) is 14.6. The summed E-state index contributed by atoms with van der Waals surface area (Å²) in [7, 11) is 3.39. The molecule has 0 unspecified atom stereocenters. The molecular weight excluding hydrogens is 267 g/mol. The van der Waals surface area contributed by atoms with E-state index in [0.29, 0.717) is 18.7 Å². The molecule has 0 N–H and O–H groups in total. The molecule has 0 bridgehead atoms. The average molecular weight is 284 g/mol. The van der Waals surface area contributed by atoms with E-state index in [4.69, 9.17) is 10.00 Å². The molecule has 0 heterocycles. The van der Waals surface area contributed by atoms with Crippen LogP contribution in [0.5, 0.6) is 5.75 Å². The molecule has 2 aromatic rings. The number of nitriles is 1. The minimum absolute atomic E-state index is 0.247. The van der Waals surface area contributed by atoms with E-state index >= 15 is 0 Å². The summed E-state index contributed by atoms with van der Waals surface area (Å²) in [5.74, 6) is -0.114. The second-order valence-electron chi connectivity index (χ2n) is 4.91. The lowest BCUT2D eigenvalue weighted by Crippen LogP contribution is -2.18. The number of halogens is 1. The molecule has 21 heavy (non-hydrogen) atoms. The van der Waals surface area contributed by atoms with Gasteiger partial charge in [0.1, 0.15) is 0 Å². The number of ether oxygens (including phenoxy) is 1. The van der Waals surface area contributed by atoms with Crippen LogP contribution < -0.4 is 4.74 Å². The molecule has 0 fully saturated rings. The van der Waals surface area contributed by atoms with Gasteiger partial charge in [-0.25, -0.2) is 4.39 Å². The Morgan fingerprint density at radius 1 is 1.19 bits per heavy atom. The highest BCUT2D eigenvalue weighted by Crippen LogP contribution is 2.19. The molecule has 2 rings (SSSR count). The Balaban J connectivity index is 2.06. The fourth-order valence-corrected chi connectivity index (χ4v) is 2.23. The van der Waals surface area contributed by atoms with Crippen molar-refractivity contribution in [2.24, 2.45) is 0 Å². The number of methoxy groups -OCH3 is 1. The maximum atomic E-state index is 13.7. The van der Waals surface area contributed by atoms with Gasteiger partial charge in [-0.3, -0.25) is 4.90 Å². The Hall–Kier alpha value is -2.38. The second kappa shape index (κ2) is 6.87. The van der Waals surface area contributed by atoms with Crippen LogP contribution in [-0.2, 0) is 13.1 Å². The quantitative estimate of drug-likeness (QED) is 0.845. The van der Waals surface area contributed by atoms with Gasteiger partial charge in [-0.15, -0.1) is 0 Å². The van der Waals surface area contributed by atoms with Crippen molar-refractivity contribution in [2.75, 3.05) is 14.2 Å². The summed E-state index contributed by atoms with van der Waals surface area (Å²) in [5, 5.41) is 9.08. The molecular formula is C17H17FN2O. The van der Waals surface area contributed by atoms with Crippen LogP contribution in [0.4, 0.5) is 4.39 Å². The molecule has 0 aliphatic carbocycles. The van der Waals surface area contributed by atoms with Crippen molar-refractivity contribution < 1.29 is 9.13 Å². The van der Waals surface area contributed by atoms with E-state index in [1.807, 2.05) is 36.2 Å². The van der Waals surface area contributed by atoms with Crippen molar-refractivity contribution in [1.82, 2.24) is 4.90 Å². The SMILES string of the molecule is COc1ccc(CN(C)Cc2ccccc2C#N)cc1F. The zero-order chi connectivity index (χ0) is 15.2. The van der Waals surface area contributed by atoms with Crippen molar-refractivity contribution >= 4 is 0 Å². The minimum Gasteiger partial charge on any atom is -0.494 e. The third kappa shape index (κ3) is 3.80. The van der Waals surface area contributed by atoms with Crippen LogP contribution in [0.3, 0.4) is 0 Å². The molecule has 0 saturated heterocycles. The molecule has 0 amide bonds. The molecule has 4 heteroatoms. The molecule has 0 atom stereocenters. The maximum Gasteiger partial charge on any atom is 0.165 e. The van der Waals surface area contributed by atoms with Gasteiger partial charge in [0.15, 0.2) is 11.6 Å². The predicted molar refractivity (Wildman–Crippen MR) is 79.3 cm³/mol. The fourth-order valence-electron chi connectivity index (χ4n) is 2.23. The normalized spacial score (nSPS) is 10.4. The molecule has 0 aliphatic heterocycles. The number of benzene rings is 2. The van der Waals surface area contributed by atoms with E-state index in [2.05, 4.69) is 6.07 Å². The Morgan fingerprint density at radius 3 is 2.62 bits per heavy atom. The van der Waals surface area contributed by atoms with Crippen molar-refractivity contribution in [2.45, 2.75) is 13.1 Å². The lowest BCUT2D eigenvalue weighted by Gasteiger charge is -2.18. The molecule has 3 nitrogen and oxygen atoms in total. The zero-order valence-corrected chi connectivity index (χ0v) is 12.1. The zero-order valence-electron chi connectivity index (χ0n) is 12.1. The van der Waals surface area contributed by atoms with Crippen LogP contribution in [0.15, 0.2) is 42.5 Å². The van der Waals surface area contributed by atoms with Gasteiger partial charge in [-0.2, -0.15) is 5.26 Å². The summed E-state index contributed by atoms with van der Waals surface area (Å²) in [6.45, 7) is 1.23. The van der Waals surface area contributed by atoms with Gasteiger partial charge in [-0.05, 0) is 36.4 Å². The molecule has 108 valence electrons. The van der Waals surface area contributed by atoms with E-state index in [-0.39, 0.29) is 11.6 Å². The summed E-state index contributed by atoms with van der Waals surface area (Å²) >= 11 is 0. The predicted octanol–water partition coefficient (Wildman–Crippen LogP) is 3.34. The molecule has 2 aromatic carbocycles. The summed E-state index contributed by atoms with van der Waals surface area (Å²) in [5.41, 5.74) is 2.51. The Morgan fingerprint density at radius 2 is 1.95 bits per heavy atom. The second-order valence-corrected chi connectivity index (χ2v) is 4.91. The first-order valence-electron chi connectivity index (χ1n) is 6.63. The van der Waals surface area contributed by atoms with Crippen molar-refractivity contribution in [3.63, 3.8) is 0 Å². The van der Waals surface area contributed by atoms with Crippen LogP contribution in [0.1, 0.15) is 16.7 Å². The fraction of sp³-hybridized carbons (Fsp3) is 0.235. The average Bonchev–Trinajstić information content (AvgIpc) is 2.48. The topological polar surface area (TPSA) is 36.3 Å². The van der Waals surface area contributed by atoms with Crippen molar-refractivity contribution in [1.29, 1.82) is 5.26 Å². The van der Waals surface area contributed by atoms with Gasteiger partial charge in [0.05, 0.1) is 18.7 Å². The molecule has 0 aromatic heterocycles. The standard InChI is InChI=1S/C17H17FN2O/c1-20(12-15-6-4-3-5-14(15)10-19)11-13-7-8-17(21-2)16(18)9-13/h3-9H,11-12H2,1-2H3. The van der Waals surface area contributed by atoms with Gasteiger partial charge in [0.2, 0.25) is 0 Å². The van der Waals surface area contributed by atoms with E-state index in [0.717, 1.165) is 11.1 Å². The first-order valence-corrected chi connectivity index (χ1v) is 6.63. The van der Waals surface area contributed by atoms with Crippen LogP contribution in [-0.4, -0.2) is 19.1 Å². The van der Waals surface area contributed by atoms with E-state index in [1.54, 1.807) is 12.1 Å². The highest BCUT2D eigenvalue weighted by molar-refractivity contribution is 5.37. The van der Waals surface area contributed by atoms with Gasteiger partial charge < -0.3 is 4.74 Å². The lowest BCUT2D eigenvalue weighted by molar-refractivity contribution is 0.317. The van der Waals surface area contributed by atoms with Crippen LogP contribution in [0.25, 0.3) is 0 Å². The molecule has 0 aliphatic rings. The summed E-state index contributed by atoms with van der Waals surface area (Å²) in [4.78, 5) is 2.04. The largest absolute Gasteiger partial charge is 0.494 e. The Bertz CT molecular complexity index is 664. The number of hydrogen-bond donors (Lipinski definition) is 0. The maximum absolute atomic E-state index is 13.7. The van der Waals surface area contributed by atoms with E-state index < -0.39 is 0 Å². The number of nitrogens with zero attached hydrogens (tertiary/aromatic N) is 2. The minimum atomic E-state index is -0.360. The highest BCUT2D eigenvalue weighted by Gasteiger charge is 2.08. The monoisotopic (exact) mass is 284 g/mol. The highest BCUT2D eigenvalue weighted by atomic mass is 19.1. The number of hydrogen-bond acceptors (Lipinski definition) is 3. The Kier molecular flexibility index (Phi) is 4.91. The number of rotatable bonds is 5. The third-order valence-electron chi connectivity index (χ3n) is 3.25. The van der Waals surface area contributed by atoms with E-state index in [9.17, 15) is 4.39 Å². The van der Waals surface area contributed by atoms with Crippen LogP contribution >= 0.6 is 0 Å². The first-order chi connectivity index (χ1) is 10.1.